The van der Waals surface area contributed by atoms with Crippen LogP contribution in [0.25, 0.3) is 0 Å². The molecule has 0 heterocycles. The van der Waals surface area contributed by atoms with E-state index in [0.717, 1.165) is 16.9 Å². The largest absolute Gasteiger partial charge is 0.496 e. The predicted molar refractivity (Wildman–Crippen MR) is 129 cm³/mol. The lowest BCUT2D eigenvalue weighted by Crippen LogP contribution is -2.26. The molecule has 3 aromatic rings. The molecule has 0 aliphatic heterocycles. The molecule has 0 bridgehead atoms. The lowest BCUT2D eigenvalue weighted by atomic mass is 10.1. The third kappa shape index (κ3) is 6.49. The third-order valence-corrected chi connectivity index (χ3v) is 6.34. The highest BCUT2D eigenvalue weighted by Gasteiger charge is 2.15. The van der Waals surface area contributed by atoms with Gasteiger partial charge in [-0.3, -0.25) is 9.52 Å². The fraction of sp³-hybridized carbons (Fsp3) is 0.240. The minimum atomic E-state index is -3.80. The maximum absolute atomic E-state index is 12.7. The van der Waals surface area contributed by atoms with Crippen molar-refractivity contribution >= 4 is 21.6 Å². The van der Waals surface area contributed by atoms with Gasteiger partial charge in [0.05, 0.1) is 18.6 Å². The first kappa shape index (κ1) is 24.1. The second-order valence-electron chi connectivity index (χ2n) is 7.41. The Kier molecular flexibility index (Phi) is 7.95. The standard InChI is InChI=1S/C25H28N2O5S/c1-4-32-22-9-11-23(12-10-22)33(29,30)27-21-7-5-6-20(17-21)25(28)26-15-14-19-16-18(2)8-13-24(19)31-3/h5-13,16-17,27H,4,14-15H2,1-3H3,(H,26,28). The van der Waals surface area contributed by atoms with Crippen LogP contribution in [0.2, 0.25) is 0 Å². The van der Waals surface area contributed by atoms with Gasteiger partial charge in [0, 0.05) is 17.8 Å². The highest BCUT2D eigenvalue weighted by atomic mass is 32.2. The maximum atomic E-state index is 12.7. The highest BCUT2D eigenvalue weighted by Crippen LogP contribution is 2.21. The molecule has 0 spiro atoms. The van der Waals surface area contributed by atoms with Gasteiger partial charge in [-0.15, -0.1) is 0 Å². The van der Waals surface area contributed by atoms with Gasteiger partial charge in [0.2, 0.25) is 0 Å². The van der Waals surface area contributed by atoms with E-state index in [1.165, 1.54) is 18.2 Å². The molecule has 0 unspecified atom stereocenters. The molecule has 8 heteroatoms. The Balaban J connectivity index is 1.64. The van der Waals surface area contributed by atoms with Crippen LogP contribution in [-0.2, 0) is 16.4 Å². The molecular formula is C25H28N2O5S. The number of rotatable bonds is 10. The summed E-state index contributed by atoms with van der Waals surface area (Å²) in [5.41, 5.74) is 2.79. The zero-order chi connectivity index (χ0) is 23.8. The number of carbonyl (C=O) groups is 1. The molecule has 2 N–H and O–H groups in total. The van der Waals surface area contributed by atoms with Gasteiger partial charge in [-0.1, -0.05) is 23.8 Å². The first-order chi connectivity index (χ1) is 15.8. The number of aryl methyl sites for hydroxylation is 1. The number of anilines is 1. The van der Waals surface area contributed by atoms with Crippen LogP contribution < -0.4 is 19.5 Å². The van der Waals surface area contributed by atoms with Crippen LogP contribution in [0.4, 0.5) is 5.69 Å². The van der Waals surface area contributed by atoms with E-state index >= 15 is 0 Å². The van der Waals surface area contributed by atoms with Crippen molar-refractivity contribution in [3.8, 4) is 11.5 Å². The van der Waals surface area contributed by atoms with Crippen molar-refractivity contribution in [2.45, 2.75) is 25.2 Å². The van der Waals surface area contributed by atoms with Crippen molar-refractivity contribution in [3.63, 3.8) is 0 Å². The summed E-state index contributed by atoms with van der Waals surface area (Å²) in [6, 6.07) is 18.4. The Labute approximate surface area is 194 Å². The van der Waals surface area contributed by atoms with Crippen molar-refractivity contribution in [3.05, 3.63) is 83.4 Å². The van der Waals surface area contributed by atoms with Crippen molar-refractivity contribution in [1.29, 1.82) is 0 Å². The molecule has 0 radical (unpaired) electrons. The van der Waals surface area contributed by atoms with E-state index in [0.29, 0.717) is 36.6 Å². The Morgan fingerprint density at radius 2 is 1.76 bits per heavy atom. The summed E-state index contributed by atoms with van der Waals surface area (Å²) in [5.74, 6) is 1.09. The summed E-state index contributed by atoms with van der Waals surface area (Å²) in [6.07, 6.45) is 0.612. The first-order valence-electron chi connectivity index (χ1n) is 10.6. The van der Waals surface area contributed by atoms with Crippen LogP contribution in [0.5, 0.6) is 11.5 Å². The van der Waals surface area contributed by atoms with E-state index in [2.05, 4.69) is 10.0 Å². The molecule has 0 aliphatic carbocycles. The van der Waals surface area contributed by atoms with E-state index in [1.807, 2.05) is 32.0 Å². The van der Waals surface area contributed by atoms with Crippen molar-refractivity contribution in [2.75, 3.05) is 25.0 Å². The SMILES string of the molecule is CCOc1ccc(S(=O)(=O)Nc2cccc(C(=O)NCCc3cc(C)ccc3OC)c2)cc1. The van der Waals surface area contributed by atoms with Gasteiger partial charge in [0.15, 0.2) is 0 Å². The van der Waals surface area contributed by atoms with E-state index in [9.17, 15) is 13.2 Å². The smallest absolute Gasteiger partial charge is 0.261 e. The van der Waals surface area contributed by atoms with Gasteiger partial charge in [-0.2, -0.15) is 0 Å². The molecule has 0 fully saturated rings. The van der Waals surface area contributed by atoms with Gasteiger partial charge >= 0.3 is 0 Å². The van der Waals surface area contributed by atoms with Crippen LogP contribution in [0.1, 0.15) is 28.4 Å². The Bertz CT molecular complexity index is 1210. The highest BCUT2D eigenvalue weighted by molar-refractivity contribution is 7.92. The summed E-state index contributed by atoms with van der Waals surface area (Å²) in [4.78, 5) is 12.7. The summed E-state index contributed by atoms with van der Waals surface area (Å²) in [7, 11) is -2.19. The summed E-state index contributed by atoms with van der Waals surface area (Å²) < 4.78 is 38.6. The molecule has 1 amide bonds. The number of amides is 1. The molecule has 0 atom stereocenters. The van der Waals surface area contributed by atoms with E-state index in [1.54, 1.807) is 37.4 Å². The van der Waals surface area contributed by atoms with E-state index in [4.69, 9.17) is 9.47 Å². The second-order valence-corrected chi connectivity index (χ2v) is 9.09. The molecule has 33 heavy (non-hydrogen) atoms. The van der Waals surface area contributed by atoms with Crippen LogP contribution in [0.15, 0.2) is 71.6 Å². The molecule has 0 aliphatic rings. The maximum Gasteiger partial charge on any atom is 0.261 e. The number of hydrogen-bond acceptors (Lipinski definition) is 5. The molecule has 0 saturated carbocycles. The number of nitrogens with one attached hydrogen (secondary N) is 2. The Hall–Kier alpha value is -3.52. The second kappa shape index (κ2) is 10.9. The van der Waals surface area contributed by atoms with Crippen molar-refractivity contribution in [1.82, 2.24) is 5.32 Å². The first-order valence-corrected chi connectivity index (χ1v) is 12.1. The summed E-state index contributed by atoms with van der Waals surface area (Å²) in [6.45, 7) is 4.77. The Morgan fingerprint density at radius 1 is 1.00 bits per heavy atom. The van der Waals surface area contributed by atoms with Crippen LogP contribution in [0.3, 0.4) is 0 Å². The van der Waals surface area contributed by atoms with Crippen LogP contribution in [0, 0.1) is 6.92 Å². The number of carbonyl (C=O) groups excluding carboxylic acids is 1. The van der Waals surface area contributed by atoms with Gasteiger partial charge < -0.3 is 14.8 Å². The number of methoxy groups -OCH3 is 1. The monoisotopic (exact) mass is 468 g/mol. The van der Waals surface area contributed by atoms with E-state index < -0.39 is 10.0 Å². The average Bonchev–Trinajstić information content (AvgIpc) is 2.79. The molecule has 7 nitrogen and oxygen atoms in total. The normalized spacial score (nSPS) is 11.0. The topological polar surface area (TPSA) is 93.7 Å². The van der Waals surface area contributed by atoms with Crippen molar-refractivity contribution in [2.24, 2.45) is 0 Å². The number of ether oxygens (including phenoxy) is 2. The number of hydrogen-bond donors (Lipinski definition) is 2. The summed E-state index contributed by atoms with van der Waals surface area (Å²) >= 11 is 0. The molecule has 174 valence electrons. The minimum absolute atomic E-state index is 0.105. The van der Waals surface area contributed by atoms with E-state index in [-0.39, 0.29) is 10.8 Å². The Morgan fingerprint density at radius 3 is 2.45 bits per heavy atom. The quantitative estimate of drug-likeness (QED) is 0.466. The van der Waals surface area contributed by atoms with Crippen LogP contribution in [-0.4, -0.2) is 34.6 Å². The molecule has 0 aromatic heterocycles. The lowest BCUT2D eigenvalue weighted by Gasteiger charge is -2.12. The molecule has 3 aromatic carbocycles. The van der Waals surface area contributed by atoms with Gasteiger partial charge in [-0.05, 0) is 74.4 Å². The number of sulfonamides is 1. The minimum Gasteiger partial charge on any atom is -0.496 e. The molecule has 3 rings (SSSR count). The fourth-order valence-corrected chi connectivity index (χ4v) is 4.38. The third-order valence-electron chi connectivity index (χ3n) is 4.94. The van der Waals surface area contributed by atoms with Gasteiger partial charge in [0.25, 0.3) is 15.9 Å². The zero-order valence-electron chi connectivity index (χ0n) is 18.9. The molecule has 0 saturated heterocycles. The lowest BCUT2D eigenvalue weighted by molar-refractivity contribution is 0.0954. The number of benzene rings is 3. The zero-order valence-corrected chi connectivity index (χ0v) is 19.7. The fourth-order valence-electron chi connectivity index (χ4n) is 3.34. The van der Waals surface area contributed by atoms with Crippen molar-refractivity contribution < 1.29 is 22.7 Å². The van der Waals surface area contributed by atoms with Gasteiger partial charge in [0.1, 0.15) is 11.5 Å². The molecular weight excluding hydrogens is 440 g/mol. The van der Waals surface area contributed by atoms with Gasteiger partial charge in [-0.25, -0.2) is 8.42 Å². The summed E-state index contributed by atoms with van der Waals surface area (Å²) in [5, 5.41) is 2.87. The van der Waals surface area contributed by atoms with Crippen LogP contribution >= 0.6 is 0 Å². The average molecular weight is 469 g/mol. The predicted octanol–water partition coefficient (Wildman–Crippen LogP) is 4.18.